The molecular weight excluding hydrogens is 210 g/mol. The van der Waals surface area contributed by atoms with Gasteiger partial charge in [-0.1, -0.05) is 17.7 Å². The second-order valence-corrected chi connectivity index (χ2v) is 3.83. The highest BCUT2D eigenvalue weighted by molar-refractivity contribution is 6.30. The Morgan fingerprint density at radius 3 is 2.40 bits per heavy atom. The number of nitrogens with zero attached hydrogens (tertiary/aromatic N) is 1. The Morgan fingerprint density at radius 2 is 1.73 bits per heavy atom. The molecule has 0 aliphatic rings. The Kier molecular flexibility index (Phi) is 2.60. The predicted molar refractivity (Wildman–Crippen MR) is 61.8 cm³/mol. The van der Waals surface area contributed by atoms with Crippen LogP contribution in [0.4, 0.5) is 0 Å². The maximum atomic E-state index is 11.6. The fourth-order valence-corrected chi connectivity index (χ4v) is 1.52. The summed E-state index contributed by atoms with van der Waals surface area (Å²) in [5.74, 6) is 0. The predicted octanol–water partition coefficient (Wildman–Crippen LogP) is 2.80. The summed E-state index contributed by atoms with van der Waals surface area (Å²) in [6.45, 7) is 1.95. The van der Waals surface area contributed by atoms with E-state index in [2.05, 4.69) is 0 Å². The summed E-state index contributed by atoms with van der Waals surface area (Å²) in [6, 6.07) is 10.5. The van der Waals surface area contributed by atoms with E-state index in [4.69, 9.17) is 11.6 Å². The van der Waals surface area contributed by atoms with Crippen molar-refractivity contribution in [1.82, 2.24) is 4.57 Å². The van der Waals surface area contributed by atoms with E-state index >= 15 is 0 Å². The van der Waals surface area contributed by atoms with Crippen molar-refractivity contribution in [3.05, 3.63) is 63.5 Å². The van der Waals surface area contributed by atoms with Crippen LogP contribution in [-0.4, -0.2) is 4.57 Å². The molecule has 3 heteroatoms. The highest BCUT2D eigenvalue weighted by Gasteiger charge is 1.98. The topological polar surface area (TPSA) is 22.0 Å². The van der Waals surface area contributed by atoms with Crippen LogP contribution in [0.1, 0.15) is 5.56 Å². The van der Waals surface area contributed by atoms with E-state index < -0.39 is 0 Å². The summed E-state index contributed by atoms with van der Waals surface area (Å²) < 4.78 is 1.60. The Balaban J connectivity index is 2.58. The van der Waals surface area contributed by atoms with Crippen molar-refractivity contribution in [2.45, 2.75) is 6.92 Å². The van der Waals surface area contributed by atoms with Crippen LogP contribution in [0.5, 0.6) is 0 Å². The molecule has 0 N–H and O–H groups in total. The highest BCUT2D eigenvalue weighted by Crippen LogP contribution is 2.12. The average Bonchev–Trinajstić information content (AvgIpc) is 2.23. The number of halogens is 1. The van der Waals surface area contributed by atoms with Crippen molar-refractivity contribution in [3.8, 4) is 5.69 Å². The Morgan fingerprint density at radius 1 is 1.07 bits per heavy atom. The molecule has 2 rings (SSSR count). The van der Waals surface area contributed by atoms with Crippen LogP contribution >= 0.6 is 11.6 Å². The van der Waals surface area contributed by atoms with Crippen molar-refractivity contribution in [2.24, 2.45) is 0 Å². The molecule has 0 atom stereocenters. The third-order valence-corrected chi connectivity index (χ3v) is 2.42. The molecule has 0 saturated heterocycles. The summed E-state index contributed by atoms with van der Waals surface area (Å²) >= 11 is 5.78. The molecule has 0 radical (unpaired) electrons. The summed E-state index contributed by atoms with van der Waals surface area (Å²) in [5.41, 5.74) is 1.83. The zero-order valence-corrected chi connectivity index (χ0v) is 9.03. The van der Waals surface area contributed by atoms with Crippen molar-refractivity contribution in [3.63, 3.8) is 0 Å². The quantitative estimate of drug-likeness (QED) is 0.723. The van der Waals surface area contributed by atoms with Gasteiger partial charge in [0.05, 0.1) is 0 Å². The van der Waals surface area contributed by atoms with Gasteiger partial charge in [0.15, 0.2) is 0 Å². The molecule has 0 spiro atoms. The second kappa shape index (κ2) is 3.91. The van der Waals surface area contributed by atoms with E-state index in [-0.39, 0.29) is 5.56 Å². The fraction of sp³-hybridized carbons (Fsp3) is 0.0833. The number of aryl methyl sites for hydroxylation is 1. The molecule has 0 aliphatic carbocycles. The molecule has 0 saturated carbocycles. The molecule has 2 aromatic rings. The third-order valence-electron chi connectivity index (χ3n) is 2.16. The van der Waals surface area contributed by atoms with Crippen molar-refractivity contribution in [1.29, 1.82) is 0 Å². The van der Waals surface area contributed by atoms with Crippen LogP contribution in [0.25, 0.3) is 5.69 Å². The van der Waals surface area contributed by atoms with Gasteiger partial charge in [-0.15, -0.1) is 0 Å². The van der Waals surface area contributed by atoms with Crippen molar-refractivity contribution < 1.29 is 0 Å². The van der Waals surface area contributed by atoms with Crippen molar-refractivity contribution in [2.75, 3.05) is 0 Å². The van der Waals surface area contributed by atoms with E-state index in [9.17, 15) is 4.79 Å². The first kappa shape index (κ1) is 9.99. The number of pyridine rings is 1. The number of benzene rings is 1. The van der Waals surface area contributed by atoms with Gasteiger partial charge in [0.25, 0.3) is 5.56 Å². The van der Waals surface area contributed by atoms with E-state index in [1.54, 1.807) is 28.8 Å². The van der Waals surface area contributed by atoms with E-state index in [0.717, 1.165) is 11.3 Å². The molecular formula is C12H10ClNO. The third kappa shape index (κ3) is 2.10. The van der Waals surface area contributed by atoms with Crippen LogP contribution in [0.2, 0.25) is 5.02 Å². The van der Waals surface area contributed by atoms with E-state index in [1.165, 1.54) is 0 Å². The minimum Gasteiger partial charge on any atom is -0.284 e. The van der Waals surface area contributed by atoms with Crippen LogP contribution in [0, 0.1) is 6.92 Å². The summed E-state index contributed by atoms with van der Waals surface area (Å²) in [4.78, 5) is 11.6. The minimum absolute atomic E-state index is 0.0390. The molecule has 0 bridgehead atoms. The number of hydrogen-bond donors (Lipinski definition) is 0. The van der Waals surface area contributed by atoms with E-state index in [0.29, 0.717) is 5.02 Å². The van der Waals surface area contributed by atoms with Gasteiger partial charge in [-0.25, -0.2) is 0 Å². The maximum absolute atomic E-state index is 11.6. The molecule has 2 nitrogen and oxygen atoms in total. The van der Waals surface area contributed by atoms with Gasteiger partial charge in [-0.3, -0.25) is 9.36 Å². The second-order valence-electron chi connectivity index (χ2n) is 3.39. The highest BCUT2D eigenvalue weighted by atomic mass is 35.5. The van der Waals surface area contributed by atoms with Crippen LogP contribution in [-0.2, 0) is 0 Å². The number of hydrogen-bond acceptors (Lipinski definition) is 1. The molecule has 0 unspecified atom stereocenters. The molecule has 1 aromatic heterocycles. The van der Waals surface area contributed by atoms with Gasteiger partial charge in [0.1, 0.15) is 0 Å². The van der Waals surface area contributed by atoms with Gasteiger partial charge in [-0.05, 0) is 36.8 Å². The lowest BCUT2D eigenvalue weighted by Gasteiger charge is -2.05. The van der Waals surface area contributed by atoms with Crippen LogP contribution in [0.3, 0.4) is 0 Å². The van der Waals surface area contributed by atoms with Crippen molar-refractivity contribution >= 4 is 11.6 Å². The molecule has 76 valence electrons. The molecule has 15 heavy (non-hydrogen) atoms. The molecule has 0 fully saturated rings. The smallest absolute Gasteiger partial charge is 0.255 e. The average molecular weight is 220 g/mol. The number of aromatic nitrogens is 1. The Bertz CT molecular complexity index is 528. The minimum atomic E-state index is -0.0390. The van der Waals surface area contributed by atoms with Gasteiger partial charge >= 0.3 is 0 Å². The molecule has 0 amide bonds. The lowest BCUT2D eigenvalue weighted by atomic mass is 10.2. The summed E-state index contributed by atoms with van der Waals surface area (Å²) in [5, 5.41) is 0.666. The lowest BCUT2D eigenvalue weighted by molar-refractivity contribution is 0.977. The van der Waals surface area contributed by atoms with Crippen LogP contribution in [0.15, 0.2) is 47.4 Å². The van der Waals surface area contributed by atoms with Gasteiger partial charge < -0.3 is 0 Å². The first-order valence-electron chi connectivity index (χ1n) is 4.62. The first-order chi connectivity index (χ1) is 7.16. The standard InChI is InChI=1S/C12H10ClNO/c1-9-2-7-12(15)14(8-9)11-5-3-10(13)4-6-11/h2-8H,1H3. The molecule has 1 heterocycles. The van der Waals surface area contributed by atoms with Gasteiger partial charge in [0, 0.05) is 23.0 Å². The largest absolute Gasteiger partial charge is 0.284 e. The monoisotopic (exact) mass is 219 g/mol. The van der Waals surface area contributed by atoms with Gasteiger partial charge in [0.2, 0.25) is 0 Å². The first-order valence-corrected chi connectivity index (χ1v) is 5.00. The maximum Gasteiger partial charge on any atom is 0.255 e. The Hall–Kier alpha value is -1.54. The number of rotatable bonds is 1. The summed E-state index contributed by atoms with van der Waals surface area (Å²) in [6.07, 6.45) is 1.81. The molecule has 1 aromatic carbocycles. The van der Waals surface area contributed by atoms with E-state index in [1.807, 2.05) is 25.3 Å². The lowest BCUT2D eigenvalue weighted by Crippen LogP contribution is -2.16. The zero-order chi connectivity index (χ0) is 10.8. The van der Waals surface area contributed by atoms with Gasteiger partial charge in [-0.2, -0.15) is 0 Å². The normalized spacial score (nSPS) is 10.3. The Labute approximate surface area is 92.7 Å². The van der Waals surface area contributed by atoms with Crippen LogP contribution < -0.4 is 5.56 Å². The SMILES string of the molecule is Cc1ccc(=O)n(-c2ccc(Cl)cc2)c1. The zero-order valence-electron chi connectivity index (χ0n) is 8.27. The fourth-order valence-electron chi connectivity index (χ4n) is 1.40. The summed E-state index contributed by atoms with van der Waals surface area (Å²) in [7, 11) is 0. The molecule has 0 aliphatic heterocycles.